The number of amides is 1. The lowest BCUT2D eigenvalue weighted by Gasteiger charge is -2.17. The Balaban J connectivity index is 1.41. The molecule has 0 radical (unpaired) electrons. The number of H-pyrrole nitrogens is 1. The van der Waals surface area contributed by atoms with E-state index in [9.17, 15) is 14.0 Å². The van der Waals surface area contributed by atoms with Gasteiger partial charge in [-0.2, -0.15) is 10.1 Å². The predicted molar refractivity (Wildman–Crippen MR) is 119 cm³/mol. The second-order valence-corrected chi connectivity index (χ2v) is 8.50. The Kier molecular flexibility index (Phi) is 4.94. The van der Waals surface area contributed by atoms with Gasteiger partial charge in [0.15, 0.2) is 0 Å². The van der Waals surface area contributed by atoms with Gasteiger partial charge in [0, 0.05) is 11.8 Å². The van der Waals surface area contributed by atoms with Crippen LogP contribution in [0.5, 0.6) is 0 Å². The summed E-state index contributed by atoms with van der Waals surface area (Å²) in [4.78, 5) is 26.8. The molecular weight excluding hydrogens is 409 g/mol. The molecule has 32 heavy (non-hydrogen) atoms. The summed E-state index contributed by atoms with van der Waals surface area (Å²) in [6, 6.07) is 12.1. The molecule has 0 bridgehead atoms. The highest BCUT2D eigenvalue weighted by atomic mass is 19.1. The first-order valence-electron chi connectivity index (χ1n) is 10.6. The van der Waals surface area contributed by atoms with E-state index >= 15 is 0 Å². The Labute approximate surface area is 183 Å². The zero-order valence-electron chi connectivity index (χ0n) is 17.9. The molecule has 0 spiro atoms. The number of carbonyl (C=O) groups excluding carboxylic acids is 1. The van der Waals surface area contributed by atoms with Crippen molar-refractivity contribution in [2.24, 2.45) is 5.10 Å². The third-order valence-corrected chi connectivity index (χ3v) is 5.95. The first-order valence-corrected chi connectivity index (χ1v) is 10.6. The third kappa shape index (κ3) is 3.52. The second-order valence-electron chi connectivity index (χ2n) is 8.50. The molecule has 0 saturated carbocycles. The first-order chi connectivity index (χ1) is 15.4. The maximum atomic E-state index is 14.6. The maximum absolute atomic E-state index is 14.6. The fourth-order valence-corrected chi connectivity index (χ4v) is 4.19. The van der Waals surface area contributed by atoms with Crippen LogP contribution in [-0.4, -0.2) is 45.8 Å². The van der Waals surface area contributed by atoms with Crippen LogP contribution < -0.4 is 10.6 Å². The van der Waals surface area contributed by atoms with Gasteiger partial charge in [0.2, 0.25) is 0 Å². The largest absolute Gasteiger partial charge is 0.328 e. The van der Waals surface area contributed by atoms with Crippen LogP contribution in [0.1, 0.15) is 35.5 Å². The lowest BCUT2D eigenvalue weighted by molar-refractivity contribution is -0.874. The monoisotopic (exact) mass is 432 g/mol. The Bertz CT molecular complexity index is 1340. The van der Waals surface area contributed by atoms with E-state index in [1.54, 1.807) is 29.2 Å². The third-order valence-electron chi connectivity index (χ3n) is 5.95. The number of rotatable bonds is 4. The molecule has 3 aromatic rings. The molecule has 2 aliphatic rings. The number of benzene rings is 2. The highest BCUT2D eigenvalue weighted by molar-refractivity contribution is 6.09. The van der Waals surface area contributed by atoms with Crippen molar-refractivity contribution in [3.8, 4) is 0 Å². The van der Waals surface area contributed by atoms with Crippen molar-refractivity contribution in [2.45, 2.75) is 26.3 Å². The average molecular weight is 432 g/mol. The number of nitrogens with zero attached hydrogens (tertiary/aromatic N) is 3. The number of likely N-dealkylation sites (tertiary alicyclic amines) is 1. The van der Waals surface area contributed by atoms with Gasteiger partial charge in [-0.1, -0.05) is 29.4 Å². The topological polar surface area (TPSA) is 82.9 Å². The van der Waals surface area contributed by atoms with Crippen LogP contribution >= 0.6 is 0 Å². The number of aromatic amines is 1. The van der Waals surface area contributed by atoms with Crippen LogP contribution in [0.25, 0.3) is 10.8 Å². The molecule has 2 N–H and O–H groups in total. The summed E-state index contributed by atoms with van der Waals surface area (Å²) in [6.07, 6.45) is 2.40. The highest BCUT2D eigenvalue weighted by Gasteiger charge is 2.36. The number of aromatic nitrogens is 2. The Hall–Kier alpha value is -3.65. The minimum absolute atomic E-state index is 0.0328. The molecule has 5 rings (SSSR count). The summed E-state index contributed by atoms with van der Waals surface area (Å²) in [7, 11) is 0. The number of quaternary nitrogens is 1. The minimum Gasteiger partial charge on any atom is -0.328 e. The van der Waals surface area contributed by atoms with Crippen LogP contribution in [0.3, 0.4) is 0 Å². The number of halogens is 1. The molecule has 3 heterocycles. The fourth-order valence-electron chi connectivity index (χ4n) is 4.19. The molecule has 2 aliphatic heterocycles. The van der Waals surface area contributed by atoms with Gasteiger partial charge in [-0.15, -0.1) is 0 Å². The molecule has 1 fully saturated rings. The number of carbonyl (C=O) groups is 1. The van der Waals surface area contributed by atoms with Crippen LogP contribution in [0.2, 0.25) is 0 Å². The maximum Gasteiger partial charge on any atom is 0.272 e. The molecule has 7 nitrogen and oxygen atoms in total. The minimum atomic E-state index is -0.555. The van der Waals surface area contributed by atoms with Gasteiger partial charge in [0.05, 0.1) is 35.3 Å². The molecule has 1 aromatic heterocycles. The van der Waals surface area contributed by atoms with Crippen molar-refractivity contribution < 1.29 is 14.2 Å². The van der Waals surface area contributed by atoms with E-state index in [-0.39, 0.29) is 17.0 Å². The molecule has 0 aliphatic carbocycles. The number of nitrogens with one attached hydrogen (secondary N) is 2. The van der Waals surface area contributed by atoms with E-state index in [1.807, 2.05) is 18.3 Å². The average Bonchev–Trinajstić information content (AvgIpc) is 3.36. The normalized spacial score (nSPS) is 17.6. The van der Waals surface area contributed by atoms with E-state index < -0.39 is 5.82 Å². The highest BCUT2D eigenvalue weighted by Crippen LogP contribution is 2.22. The Morgan fingerprint density at radius 1 is 1.19 bits per heavy atom. The van der Waals surface area contributed by atoms with E-state index in [4.69, 9.17) is 0 Å². The van der Waals surface area contributed by atoms with E-state index in [0.29, 0.717) is 36.6 Å². The summed E-state index contributed by atoms with van der Waals surface area (Å²) in [5.41, 5.74) is 3.10. The number of fused-ring (bicyclic) bond motifs is 2. The van der Waals surface area contributed by atoms with Gasteiger partial charge in [-0.25, -0.2) is 9.49 Å². The van der Waals surface area contributed by atoms with Gasteiger partial charge in [-0.05, 0) is 37.6 Å². The van der Waals surface area contributed by atoms with E-state index in [0.717, 1.165) is 27.2 Å². The SMILES string of the molecule is CC(C)[NH+]1C=C2CN(C(=O)c3cc(Cc4n[nH]c(=O)c5ccccc45)ccc3F)CC2=N1. The van der Waals surface area contributed by atoms with Crippen molar-refractivity contribution in [1.82, 2.24) is 15.1 Å². The molecule has 1 amide bonds. The van der Waals surface area contributed by atoms with Gasteiger partial charge < -0.3 is 4.90 Å². The quantitative estimate of drug-likeness (QED) is 0.658. The van der Waals surface area contributed by atoms with Crippen molar-refractivity contribution in [2.75, 3.05) is 13.1 Å². The molecular formula is C24H23FN5O2+. The Morgan fingerprint density at radius 3 is 2.72 bits per heavy atom. The predicted octanol–water partition coefficient (Wildman–Crippen LogP) is 1.66. The zero-order valence-corrected chi connectivity index (χ0v) is 17.9. The van der Waals surface area contributed by atoms with Crippen molar-refractivity contribution in [3.05, 3.63) is 87.2 Å². The molecule has 162 valence electrons. The smallest absolute Gasteiger partial charge is 0.272 e. The lowest BCUT2D eigenvalue weighted by atomic mass is 10.0. The summed E-state index contributed by atoms with van der Waals surface area (Å²) in [5, 5.41) is 13.6. The first kappa shape index (κ1) is 20.3. The van der Waals surface area contributed by atoms with Crippen LogP contribution in [0, 0.1) is 5.82 Å². The van der Waals surface area contributed by atoms with Crippen LogP contribution in [0.15, 0.2) is 64.1 Å². The van der Waals surface area contributed by atoms with E-state index in [1.165, 1.54) is 6.07 Å². The van der Waals surface area contributed by atoms with Gasteiger partial charge in [0.25, 0.3) is 11.5 Å². The molecule has 8 heteroatoms. The van der Waals surface area contributed by atoms with E-state index in [2.05, 4.69) is 29.1 Å². The number of hydrogen-bond acceptors (Lipinski definition) is 4. The van der Waals surface area contributed by atoms with Crippen LogP contribution in [-0.2, 0) is 6.42 Å². The molecule has 1 atom stereocenters. The van der Waals surface area contributed by atoms with Gasteiger partial charge in [0.1, 0.15) is 23.8 Å². The molecule has 1 unspecified atom stereocenters. The van der Waals surface area contributed by atoms with Gasteiger partial charge in [-0.3, -0.25) is 9.59 Å². The fraction of sp³-hybridized carbons (Fsp3) is 0.250. The summed E-state index contributed by atoms with van der Waals surface area (Å²) >= 11 is 0. The van der Waals surface area contributed by atoms with Crippen LogP contribution in [0.4, 0.5) is 4.39 Å². The number of hydrogen-bond donors (Lipinski definition) is 2. The van der Waals surface area contributed by atoms with Crippen molar-refractivity contribution >= 4 is 22.4 Å². The molecule has 1 saturated heterocycles. The Morgan fingerprint density at radius 2 is 1.97 bits per heavy atom. The summed E-state index contributed by atoms with van der Waals surface area (Å²) in [5.74, 6) is -0.909. The summed E-state index contributed by atoms with van der Waals surface area (Å²) in [6.45, 7) is 4.99. The van der Waals surface area contributed by atoms with Crippen molar-refractivity contribution in [3.63, 3.8) is 0 Å². The summed E-state index contributed by atoms with van der Waals surface area (Å²) < 4.78 is 14.6. The van der Waals surface area contributed by atoms with Gasteiger partial charge >= 0.3 is 0 Å². The second kappa shape index (κ2) is 7.80. The zero-order chi connectivity index (χ0) is 22.4. The van der Waals surface area contributed by atoms with Crippen molar-refractivity contribution in [1.29, 1.82) is 0 Å². The lowest BCUT2D eigenvalue weighted by Crippen LogP contribution is -3.05. The standard InChI is InChI=1S/C24H22FN5O2/c1-14(2)30-12-16-11-29(13-22(16)28-30)24(32)19-9-15(7-8-20(19)25)10-21-17-5-3-4-6-18(17)23(31)27-26-21/h3-9,12,14H,10-11,13H2,1-2H3,(H,27,31)/p+1. The molecule has 2 aromatic carbocycles.